The van der Waals surface area contributed by atoms with Gasteiger partial charge in [-0.05, 0) is 30.7 Å². The van der Waals surface area contributed by atoms with Crippen molar-refractivity contribution in [2.24, 2.45) is 0 Å². The van der Waals surface area contributed by atoms with Crippen LogP contribution in [0.5, 0.6) is 0 Å². The van der Waals surface area contributed by atoms with Crippen LogP contribution in [0.4, 0.5) is 0 Å². The second-order valence-electron chi connectivity index (χ2n) is 6.26. The van der Waals surface area contributed by atoms with Crippen LogP contribution in [-0.4, -0.2) is 37.6 Å². The summed E-state index contributed by atoms with van der Waals surface area (Å²) in [7, 11) is -3.62. The Morgan fingerprint density at radius 1 is 1.22 bits per heavy atom. The predicted octanol–water partition coefficient (Wildman–Crippen LogP) is 2.37. The molecular weight excluding hydrogens is 436 g/mol. The first-order chi connectivity index (χ1) is 12.8. The topological polar surface area (TPSA) is 114 Å². The number of aryl methyl sites for hydroxylation is 1. The van der Waals surface area contributed by atoms with Crippen molar-refractivity contribution in [3.8, 4) is 0 Å². The third-order valence-electron chi connectivity index (χ3n) is 3.66. The highest BCUT2D eigenvalue weighted by Gasteiger charge is 2.14. The van der Waals surface area contributed by atoms with Gasteiger partial charge < -0.3 is 9.84 Å². The van der Waals surface area contributed by atoms with E-state index >= 15 is 0 Å². The highest BCUT2D eigenvalue weighted by molar-refractivity contribution is 9.10. The van der Waals surface area contributed by atoms with E-state index in [1.54, 1.807) is 12.1 Å². The zero-order valence-electron chi connectivity index (χ0n) is 15.2. The Balaban J connectivity index is 1.65. The molecule has 0 aliphatic rings. The van der Waals surface area contributed by atoms with E-state index in [1.165, 1.54) is 12.1 Å². The Labute approximate surface area is 167 Å². The van der Waals surface area contributed by atoms with E-state index in [-0.39, 0.29) is 29.7 Å². The molecule has 0 radical (unpaired) electrons. The summed E-state index contributed by atoms with van der Waals surface area (Å²) in [6, 6.07) is 6.28. The summed E-state index contributed by atoms with van der Waals surface area (Å²) in [5, 5.41) is 6.63. The lowest BCUT2D eigenvalue weighted by molar-refractivity contribution is -0.120. The second kappa shape index (κ2) is 9.95. The first kappa shape index (κ1) is 21.5. The lowest BCUT2D eigenvalue weighted by atomic mass is 10.2. The Morgan fingerprint density at radius 2 is 1.93 bits per heavy atom. The van der Waals surface area contributed by atoms with E-state index in [1.807, 2.05) is 13.8 Å². The number of amides is 1. The lowest BCUT2D eigenvalue weighted by Gasteiger charge is -2.07. The molecule has 2 N–H and O–H groups in total. The van der Waals surface area contributed by atoms with Gasteiger partial charge in [-0.25, -0.2) is 13.1 Å². The third-order valence-corrected chi connectivity index (χ3v) is 5.66. The van der Waals surface area contributed by atoms with Gasteiger partial charge in [0.25, 0.3) is 0 Å². The van der Waals surface area contributed by atoms with Crippen molar-refractivity contribution in [3.05, 3.63) is 40.5 Å². The number of nitrogens with zero attached hydrogens (tertiary/aromatic N) is 2. The molecule has 2 rings (SSSR count). The fraction of sp³-hybridized carbons (Fsp3) is 0.471. The summed E-state index contributed by atoms with van der Waals surface area (Å²) in [6.07, 6.45) is 1.31. The number of carbonyl (C=O) groups is 1. The zero-order chi connectivity index (χ0) is 19.9. The molecule has 0 atom stereocenters. The third kappa shape index (κ3) is 7.04. The van der Waals surface area contributed by atoms with Crippen LogP contribution in [0.25, 0.3) is 0 Å². The molecule has 0 bridgehead atoms. The van der Waals surface area contributed by atoms with Gasteiger partial charge in [0.15, 0.2) is 5.82 Å². The molecule has 1 heterocycles. The molecule has 8 nitrogen and oxygen atoms in total. The maximum Gasteiger partial charge on any atom is 0.240 e. The van der Waals surface area contributed by atoms with Gasteiger partial charge in [-0.2, -0.15) is 4.98 Å². The predicted molar refractivity (Wildman–Crippen MR) is 104 cm³/mol. The summed E-state index contributed by atoms with van der Waals surface area (Å²) in [4.78, 5) is 16.2. The van der Waals surface area contributed by atoms with Gasteiger partial charge in [0.1, 0.15) is 0 Å². The molecule has 27 heavy (non-hydrogen) atoms. The molecule has 10 heteroatoms. The fourth-order valence-corrected chi connectivity index (χ4v) is 3.45. The Morgan fingerprint density at radius 3 is 2.56 bits per heavy atom. The first-order valence-electron chi connectivity index (χ1n) is 8.62. The number of halogens is 1. The number of nitrogens with one attached hydrogen (secondary N) is 2. The van der Waals surface area contributed by atoms with Crippen LogP contribution in [0.1, 0.15) is 44.3 Å². The summed E-state index contributed by atoms with van der Waals surface area (Å²) >= 11 is 3.25. The van der Waals surface area contributed by atoms with E-state index in [9.17, 15) is 13.2 Å². The molecule has 0 fully saturated rings. The molecule has 0 unspecified atom stereocenters. The molecule has 1 amide bonds. The minimum absolute atomic E-state index is 0.0334. The molecule has 1 aromatic carbocycles. The quantitative estimate of drug-likeness (QED) is 0.528. The molecule has 0 saturated carbocycles. The SMILES string of the molecule is CC(C)c1noc(CCCNC(=O)CCNS(=O)(=O)c2ccc(Br)cc2)n1. The van der Waals surface area contributed by atoms with Crippen molar-refractivity contribution >= 4 is 31.9 Å². The summed E-state index contributed by atoms with van der Waals surface area (Å²) < 4.78 is 32.6. The highest BCUT2D eigenvalue weighted by Crippen LogP contribution is 2.14. The van der Waals surface area contributed by atoms with Crippen LogP contribution in [-0.2, 0) is 21.2 Å². The number of rotatable bonds is 10. The van der Waals surface area contributed by atoms with Crippen LogP contribution in [0.3, 0.4) is 0 Å². The van der Waals surface area contributed by atoms with Gasteiger partial charge in [-0.1, -0.05) is 34.9 Å². The van der Waals surface area contributed by atoms with Crippen molar-refractivity contribution in [2.75, 3.05) is 13.1 Å². The van der Waals surface area contributed by atoms with Crippen molar-refractivity contribution in [1.29, 1.82) is 0 Å². The second-order valence-corrected chi connectivity index (χ2v) is 8.94. The minimum Gasteiger partial charge on any atom is -0.356 e. The van der Waals surface area contributed by atoms with E-state index in [4.69, 9.17) is 4.52 Å². The number of hydrogen-bond donors (Lipinski definition) is 2. The van der Waals surface area contributed by atoms with Crippen LogP contribution < -0.4 is 10.0 Å². The average Bonchev–Trinajstić information content (AvgIpc) is 3.08. The van der Waals surface area contributed by atoms with Gasteiger partial charge in [0, 0.05) is 36.3 Å². The molecule has 2 aromatic rings. The van der Waals surface area contributed by atoms with E-state index in [0.29, 0.717) is 31.1 Å². The molecule has 148 valence electrons. The smallest absolute Gasteiger partial charge is 0.240 e. The minimum atomic E-state index is -3.62. The number of carbonyl (C=O) groups excluding carboxylic acids is 1. The van der Waals surface area contributed by atoms with Crippen molar-refractivity contribution in [1.82, 2.24) is 20.2 Å². The molecular formula is C17H23BrN4O4S. The van der Waals surface area contributed by atoms with Crippen LogP contribution in [0, 0.1) is 0 Å². The molecule has 1 aromatic heterocycles. The van der Waals surface area contributed by atoms with Crippen molar-refractivity contribution in [2.45, 2.75) is 43.9 Å². The number of hydrogen-bond acceptors (Lipinski definition) is 6. The van der Waals surface area contributed by atoms with Gasteiger partial charge in [0.05, 0.1) is 4.90 Å². The maximum atomic E-state index is 12.1. The summed E-state index contributed by atoms with van der Waals surface area (Å²) in [6.45, 7) is 4.46. The van der Waals surface area contributed by atoms with Crippen LogP contribution >= 0.6 is 15.9 Å². The first-order valence-corrected chi connectivity index (χ1v) is 10.9. The van der Waals surface area contributed by atoms with Crippen molar-refractivity contribution in [3.63, 3.8) is 0 Å². The highest BCUT2D eigenvalue weighted by atomic mass is 79.9. The van der Waals surface area contributed by atoms with E-state index < -0.39 is 10.0 Å². The Kier molecular flexibility index (Phi) is 7.93. The van der Waals surface area contributed by atoms with Gasteiger partial charge in [0.2, 0.25) is 21.8 Å². The monoisotopic (exact) mass is 458 g/mol. The van der Waals surface area contributed by atoms with Crippen LogP contribution in [0.15, 0.2) is 38.2 Å². The molecule has 0 saturated heterocycles. The van der Waals surface area contributed by atoms with E-state index in [2.05, 4.69) is 36.1 Å². The Hall–Kier alpha value is -1.78. The standard InChI is InChI=1S/C17H23BrN4O4S/c1-12(2)17-21-16(26-22-17)4-3-10-19-15(23)9-11-20-27(24,25)14-7-5-13(18)6-8-14/h5-8,12,20H,3-4,9-11H2,1-2H3,(H,19,23). The Bertz CT molecular complexity index is 850. The van der Waals surface area contributed by atoms with E-state index in [0.717, 1.165) is 4.47 Å². The van der Waals surface area contributed by atoms with Crippen LogP contribution in [0.2, 0.25) is 0 Å². The maximum absolute atomic E-state index is 12.1. The average molecular weight is 459 g/mol. The van der Waals surface area contributed by atoms with Crippen molar-refractivity contribution < 1.29 is 17.7 Å². The molecule has 0 spiro atoms. The largest absolute Gasteiger partial charge is 0.356 e. The molecule has 0 aliphatic carbocycles. The normalized spacial score (nSPS) is 11.7. The van der Waals surface area contributed by atoms with Gasteiger partial charge >= 0.3 is 0 Å². The van der Waals surface area contributed by atoms with Gasteiger partial charge in [-0.15, -0.1) is 0 Å². The fourth-order valence-electron chi connectivity index (χ4n) is 2.16. The number of sulfonamides is 1. The summed E-state index contributed by atoms with van der Waals surface area (Å²) in [5.41, 5.74) is 0. The number of benzene rings is 1. The van der Waals surface area contributed by atoms with Gasteiger partial charge in [-0.3, -0.25) is 4.79 Å². The molecule has 0 aliphatic heterocycles. The lowest BCUT2D eigenvalue weighted by Crippen LogP contribution is -2.31. The zero-order valence-corrected chi connectivity index (χ0v) is 17.6. The number of aromatic nitrogens is 2. The summed E-state index contributed by atoms with van der Waals surface area (Å²) in [5.74, 6) is 1.22.